The van der Waals surface area contributed by atoms with Gasteiger partial charge >= 0.3 is 0 Å². The summed E-state index contributed by atoms with van der Waals surface area (Å²) >= 11 is 0. The van der Waals surface area contributed by atoms with E-state index in [4.69, 9.17) is 4.74 Å². The minimum absolute atomic E-state index is 0.120. The molecule has 1 aliphatic heterocycles. The Morgan fingerprint density at radius 3 is 2.67 bits per heavy atom. The van der Waals surface area contributed by atoms with Crippen LogP contribution in [-0.2, 0) is 4.74 Å². The van der Waals surface area contributed by atoms with E-state index in [1.165, 1.54) is 0 Å². The molecule has 0 aliphatic carbocycles. The highest BCUT2D eigenvalue weighted by Gasteiger charge is 2.36. The standard InChI is InChI=1S/C7H13FO/c1-3-7(8)4-6(2)9-5-7/h6H,3-5H2,1-2H3/t6-,7-/m1/s1. The Morgan fingerprint density at radius 2 is 2.44 bits per heavy atom. The van der Waals surface area contributed by atoms with E-state index >= 15 is 0 Å². The summed E-state index contributed by atoms with van der Waals surface area (Å²) in [6.45, 7) is 4.07. The third kappa shape index (κ3) is 1.42. The molecule has 0 bridgehead atoms. The highest BCUT2D eigenvalue weighted by molar-refractivity contribution is 4.85. The number of hydrogen-bond donors (Lipinski definition) is 0. The monoisotopic (exact) mass is 132 g/mol. The van der Waals surface area contributed by atoms with E-state index in [1.807, 2.05) is 13.8 Å². The molecule has 1 nitrogen and oxygen atoms in total. The smallest absolute Gasteiger partial charge is 0.136 e. The zero-order valence-corrected chi connectivity index (χ0v) is 5.98. The van der Waals surface area contributed by atoms with Crippen LogP contribution < -0.4 is 0 Å². The minimum atomic E-state index is -1.01. The SMILES string of the molecule is CC[C@]1(F)CO[C@H](C)C1. The Labute approximate surface area is 55.2 Å². The van der Waals surface area contributed by atoms with Crippen molar-refractivity contribution in [2.45, 2.75) is 38.5 Å². The average molecular weight is 132 g/mol. The van der Waals surface area contributed by atoms with Gasteiger partial charge in [0.15, 0.2) is 0 Å². The molecule has 0 saturated carbocycles. The molecule has 2 atom stereocenters. The van der Waals surface area contributed by atoms with Crippen LogP contribution in [0.15, 0.2) is 0 Å². The van der Waals surface area contributed by atoms with Gasteiger partial charge in [-0.3, -0.25) is 0 Å². The summed E-state index contributed by atoms with van der Waals surface area (Å²) in [5.41, 5.74) is -1.01. The molecule has 0 spiro atoms. The summed E-state index contributed by atoms with van der Waals surface area (Å²) in [5, 5.41) is 0. The lowest BCUT2D eigenvalue weighted by atomic mass is 10.0. The average Bonchev–Trinajstić information content (AvgIpc) is 2.13. The van der Waals surface area contributed by atoms with Crippen LogP contribution in [0, 0.1) is 0 Å². The zero-order chi connectivity index (χ0) is 6.91. The Bertz CT molecular complexity index is 105. The zero-order valence-electron chi connectivity index (χ0n) is 5.98. The fraction of sp³-hybridized carbons (Fsp3) is 1.00. The fourth-order valence-electron chi connectivity index (χ4n) is 1.17. The maximum atomic E-state index is 13.2. The van der Waals surface area contributed by atoms with Gasteiger partial charge in [-0.25, -0.2) is 4.39 Å². The van der Waals surface area contributed by atoms with Gasteiger partial charge in [-0.15, -0.1) is 0 Å². The highest BCUT2D eigenvalue weighted by Crippen LogP contribution is 2.30. The van der Waals surface area contributed by atoms with Gasteiger partial charge in [0.1, 0.15) is 5.67 Å². The molecule has 0 amide bonds. The number of rotatable bonds is 1. The Balaban J connectivity index is 2.45. The van der Waals surface area contributed by atoms with Crippen LogP contribution in [0.25, 0.3) is 0 Å². The van der Waals surface area contributed by atoms with Gasteiger partial charge in [0, 0.05) is 6.42 Å². The molecule has 0 aromatic carbocycles. The predicted octanol–water partition coefficient (Wildman–Crippen LogP) is 1.91. The topological polar surface area (TPSA) is 9.23 Å². The van der Waals surface area contributed by atoms with E-state index in [2.05, 4.69) is 0 Å². The molecule has 0 unspecified atom stereocenters. The lowest BCUT2D eigenvalue weighted by molar-refractivity contribution is 0.0855. The maximum absolute atomic E-state index is 13.2. The summed E-state index contributed by atoms with van der Waals surface area (Å²) in [6, 6.07) is 0. The summed E-state index contributed by atoms with van der Waals surface area (Å²) in [5.74, 6) is 0. The second kappa shape index (κ2) is 2.25. The van der Waals surface area contributed by atoms with E-state index in [1.54, 1.807) is 0 Å². The Morgan fingerprint density at radius 1 is 1.78 bits per heavy atom. The molecule has 0 aromatic heterocycles. The third-order valence-electron chi connectivity index (χ3n) is 1.91. The highest BCUT2D eigenvalue weighted by atomic mass is 19.1. The van der Waals surface area contributed by atoms with Crippen molar-refractivity contribution in [1.82, 2.24) is 0 Å². The van der Waals surface area contributed by atoms with E-state index in [9.17, 15) is 4.39 Å². The molecule has 1 aliphatic rings. The van der Waals surface area contributed by atoms with Crippen molar-refractivity contribution in [3.8, 4) is 0 Å². The lowest BCUT2D eigenvalue weighted by Gasteiger charge is -2.12. The van der Waals surface area contributed by atoms with Gasteiger partial charge in [-0.1, -0.05) is 6.92 Å². The van der Waals surface area contributed by atoms with Crippen molar-refractivity contribution in [3.05, 3.63) is 0 Å². The summed E-state index contributed by atoms with van der Waals surface area (Å²) in [7, 11) is 0. The van der Waals surface area contributed by atoms with Gasteiger partial charge in [-0.05, 0) is 13.3 Å². The fourth-order valence-corrected chi connectivity index (χ4v) is 1.17. The number of halogens is 1. The van der Waals surface area contributed by atoms with Crippen molar-refractivity contribution in [1.29, 1.82) is 0 Å². The van der Waals surface area contributed by atoms with Crippen molar-refractivity contribution in [2.24, 2.45) is 0 Å². The normalized spacial score (nSPS) is 43.7. The first-order valence-corrected chi connectivity index (χ1v) is 3.47. The molecule has 1 rings (SSSR count). The molecular formula is C7H13FO. The molecular weight excluding hydrogens is 119 g/mol. The first-order valence-electron chi connectivity index (χ1n) is 3.47. The van der Waals surface area contributed by atoms with Crippen LogP contribution in [0.3, 0.4) is 0 Å². The van der Waals surface area contributed by atoms with Gasteiger partial charge in [-0.2, -0.15) is 0 Å². The van der Waals surface area contributed by atoms with E-state index in [0.29, 0.717) is 19.4 Å². The molecule has 1 saturated heterocycles. The Kier molecular flexibility index (Phi) is 1.75. The first kappa shape index (κ1) is 7.00. The molecule has 2 heteroatoms. The molecule has 0 radical (unpaired) electrons. The van der Waals surface area contributed by atoms with Crippen molar-refractivity contribution in [3.63, 3.8) is 0 Å². The van der Waals surface area contributed by atoms with Crippen LogP contribution in [0.1, 0.15) is 26.7 Å². The van der Waals surface area contributed by atoms with Gasteiger partial charge in [0.05, 0.1) is 12.7 Å². The quantitative estimate of drug-likeness (QED) is 0.529. The number of ether oxygens (including phenoxy) is 1. The second-order valence-electron chi connectivity index (χ2n) is 2.83. The van der Waals surface area contributed by atoms with Gasteiger partial charge in [0.25, 0.3) is 0 Å². The maximum Gasteiger partial charge on any atom is 0.136 e. The molecule has 0 aromatic rings. The van der Waals surface area contributed by atoms with Crippen LogP contribution in [0.4, 0.5) is 4.39 Å². The minimum Gasteiger partial charge on any atom is -0.375 e. The molecule has 9 heavy (non-hydrogen) atoms. The largest absolute Gasteiger partial charge is 0.375 e. The van der Waals surface area contributed by atoms with E-state index in [-0.39, 0.29) is 6.10 Å². The third-order valence-corrected chi connectivity index (χ3v) is 1.91. The van der Waals surface area contributed by atoms with Crippen LogP contribution in [0.2, 0.25) is 0 Å². The molecule has 1 fully saturated rings. The van der Waals surface area contributed by atoms with E-state index < -0.39 is 5.67 Å². The van der Waals surface area contributed by atoms with Crippen LogP contribution >= 0.6 is 0 Å². The molecule has 1 heterocycles. The summed E-state index contributed by atoms with van der Waals surface area (Å²) in [6.07, 6.45) is 1.27. The lowest BCUT2D eigenvalue weighted by Crippen LogP contribution is -2.21. The van der Waals surface area contributed by atoms with E-state index in [0.717, 1.165) is 0 Å². The first-order chi connectivity index (χ1) is 4.16. The molecule has 0 N–H and O–H groups in total. The van der Waals surface area contributed by atoms with Crippen molar-refractivity contribution < 1.29 is 9.13 Å². The van der Waals surface area contributed by atoms with Crippen molar-refractivity contribution >= 4 is 0 Å². The van der Waals surface area contributed by atoms with Gasteiger partial charge < -0.3 is 4.74 Å². The van der Waals surface area contributed by atoms with Gasteiger partial charge in [0.2, 0.25) is 0 Å². The van der Waals surface area contributed by atoms with Crippen molar-refractivity contribution in [2.75, 3.05) is 6.61 Å². The number of hydrogen-bond acceptors (Lipinski definition) is 1. The predicted molar refractivity (Wildman–Crippen MR) is 34.2 cm³/mol. The van der Waals surface area contributed by atoms with Crippen LogP contribution in [-0.4, -0.2) is 18.4 Å². The summed E-state index contributed by atoms with van der Waals surface area (Å²) in [4.78, 5) is 0. The van der Waals surface area contributed by atoms with Crippen LogP contribution in [0.5, 0.6) is 0 Å². The number of alkyl halides is 1. The molecule has 54 valence electrons. The summed E-state index contributed by atoms with van der Waals surface area (Å²) < 4.78 is 18.3. The second-order valence-corrected chi connectivity index (χ2v) is 2.83. The Hall–Kier alpha value is -0.110.